The fourth-order valence-electron chi connectivity index (χ4n) is 1.35. The Hall–Kier alpha value is -0.640. The fraction of sp³-hybridized carbons (Fsp3) is 0.692. The van der Waals surface area contributed by atoms with Crippen molar-refractivity contribution in [2.75, 3.05) is 5.33 Å². The zero-order valence-electron chi connectivity index (χ0n) is 10.8. The minimum atomic E-state index is -0.501. The molecule has 0 aliphatic carbocycles. The molecule has 0 atom stereocenters. The zero-order valence-corrected chi connectivity index (χ0v) is 12.4. The molecule has 0 saturated carbocycles. The highest BCUT2D eigenvalue weighted by Gasteiger charge is 2.23. The first-order valence-corrected chi connectivity index (χ1v) is 6.87. The van der Waals surface area contributed by atoms with E-state index in [2.05, 4.69) is 22.5 Å². The highest BCUT2D eigenvalue weighted by Crippen LogP contribution is 2.20. The summed E-state index contributed by atoms with van der Waals surface area (Å²) < 4.78 is 5.34. The number of esters is 1. The van der Waals surface area contributed by atoms with Gasteiger partial charge in [0.2, 0.25) is 0 Å². The summed E-state index contributed by atoms with van der Waals surface area (Å²) in [6, 6.07) is 0. The van der Waals surface area contributed by atoms with Crippen LogP contribution >= 0.6 is 15.9 Å². The van der Waals surface area contributed by atoms with Crippen LogP contribution in [0.25, 0.3) is 0 Å². The Labute approximate surface area is 112 Å². The lowest BCUT2D eigenvalue weighted by Crippen LogP contribution is -2.28. The highest BCUT2D eigenvalue weighted by atomic mass is 79.9. The van der Waals surface area contributed by atoms with Crippen molar-refractivity contribution in [2.24, 2.45) is 0 Å². The summed E-state index contributed by atoms with van der Waals surface area (Å²) in [6.07, 6.45) is 3.07. The van der Waals surface area contributed by atoms with Crippen LogP contribution in [0.3, 0.4) is 0 Å². The van der Waals surface area contributed by atoms with Crippen molar-refractivity contribution in [3.8, 4) is 0 Å². The minimum absolute atomic E-state index is 0.201. The van der Waals surface area contributed by atoms with Crippen LogP contribution in [-0.4, -0.2) is 22.7 Å². The van der Waals surface area contributed by atoms with Gasteiger partial charge in [-0.25, -0.2) is 4.79 Å². The zero-order chi connectivity index (χ0) is 13.5. The van der Waals surface area contributed by atoms with Crippen molar-refractivity contribution >= 4 is 27.7 Å². The van der Waals surface area contributed by atoms with E-state index in [4.69, 9.17) is 4.74 Å². The number of ether oxygens (including phenoxy) is 1. The van der Waals surface area contributed by atoms with Crippen LogP contribution < -0.4 is 0 Å². The second-order valence-electron chi connectivity index (χ2n) is 4.80. The summed E-state index contributed by atoms with van der Waals surface area (Å²) in [7, 11) is 0. The number of carbonyl (C=O) groups is 2. The topological polar surface area (TPSA) is 43.4 Å². The molecule has 4 heteroatoms. The Bertz CT molecular complexity index is 295. The van der Waals surface area contributed by atoms with E-state index in [9.17, 15) is 9.59 Å². The molecule has 0 rings (SSSR count). The van der Waals surface area contributed by atoms with Gasteiger partial charge < -0.3 is 9.53 Å². The summed E-state index contributed by atoms with van der Waals surface area (Å²) in [4.78, 5) is 22.3. The first kappa shape index (κ1) is 16.4. The average molecular weight is 305 g/mol. The number of carbonyl (C=O) groups excluding carboxylic acids is 2. The molecule has 17 heavy (non-hydrogen) atoms. The highest BCUT2D eigenvalue weighted by molar-refractivity contribution is 9.09. The van der Waals surface area contributed by atoms with E-state index in [1.807, 2.05) is 13.8 Å². The summed E-state index contributed by atoms with van der Waals surface area (Å²) in [5.41, 5.74) is -0.0827. The van der Waals surface area contributed by atoms with Crippen LogP contribution in [0, 0.1) is 0 Å². The maximum absolute atomic E-state index is 11.5. The molecule has 0 unspecified atom stereocenters. The van der Waals surface area contributed by atoms with Crippen molar-refractivity contribution in [3.05, 3.63) is 12.2 Å². The first-order valence-electron chi connectivity index (χ1n) is 5.75. The van der Waals surface area contributed by atoms with E-state index in [0.29, 0.717) is 17.3 Å². The Balaban J connectivity index is 3.98. The predicted molar refractivity (Wildman–Crippen MR) is 72.3 cm³/mol. The third kappa shape index (κ3) is 8.13. The van der Waals surface area contributed by atoms with E-state index < -0.39 is 5.60 Å². The van der Waals surface area contributed by atoms with Gasteiger partial charge in [-0.3, -0.25) is 0 Å². The van der Waals surface area contributed by atoms with Crippen LogP contribution in [0.5, 0.6) is 0 Å². The van der Waals surface area contributed by atoms with Crippen LogP contribution in [0.4, 0.5) is 0 Å². The Morgan fingerprint density at radius 2 is 1.88 bits per heavy atom. The summed E-state index contributed by atoms with van der Waals surface area (Å²) in [5, 5.41) is 0.423. The Morgan fingerprint density at radius 3 is 2.35 bits per heavy atom. The van der Waals surface area contributed by atoms with E-state index >= 15 is 0 Å². The molecule has 0 N–H and O–H groups in total. The van der Waals surface area contributed by atoms with Crippen molar-refractivity contribution in [3.63, 3.8) is 0 Å². The van der Waals surface area contributed by atoms with Crippen molar-refractivity contribution in [2.45, 2.75) is 52.1 Å². The van der Waals surface area contributed by atoms with Gasteiger partial charge in [-0.05, 0) is 40.0 Å². The lowest BCUT2D eigenvalue weighted by atomic mass is 9.99. The minimum Gasteiger partial charge on any atom is -0.456 e. The molecule has 0 radical (unpaired) electrons. The molecule has 3 nitrogen and oxygen atoms in total. The molecule has 0 amide bonds. The Morgan fingerprint density at radius 1 is 1.29 bits per heavy atom. The SMILES string of the molecule is C=C(CBr)C(=O)OC(C)(C)CCCCC(C)=O. The number of hydrogen-bond acceptors (Lipinski definition) is 3. The van der Waals surface area contributed by atoms with Crippen LogP contribution in [0.2, 0.25) is 0 Å². The van der Waals surface area contributed by atoms with Gasteiger partial charge in [0, 0.05) is 17.3 Å². The quantitative estimate of drug-likeness (QED) is 0.299. The third-order valence-electron chi connectivity index (χ3n) is 2.38. The third-order valence-corrected chi connectivity index (χ3v) is 3.05. The molecule has 0 bridgehead atoms. The van der Waals surface area contributed by atoms with Crippen molar-refractivity contribution in [1.29, 1.82) is 0 Å². The number of ketones is 1. The van der Waals surface area contributed by atoms with Crippen molar-refractivity contribution in [1.82, 2.24) is 0 Å². The molecule has 98 valence electrons. The largest absolute Gasteiger partial charge is 0.456 e. The lowest BCUT2D eigenvalue weighted by molar-refractivity contribution is -0.152. The van der Waals surface area contributed by atoms with Gasteiger partial charge in [0.1, 0.15) is 11.4 Å². The van der Waals surface area contributed by atoms with Gasteiger partial charge >= 0.3 is 5.97 Å². The number of unbranched alkanes of at least 4 members (excludes halogenated alkanes) is 1. The van der Waals surface area contributed by atoms with Gasteiger partial charge in [-0.2, -0.15) is 0 Å². The smallest absolute Gasteiger partial charge is 0.334 e. The summed E-state index contributed by atoms with van der Waals surface area (Å²) in [5.74, 6) is -0.161. The summed E-state index contributed by atoms with van der Waals surface area (Å²) in [6.45, 7) is 8.95. The molecule has 0 saturated heterocycles. The van der Waals surface area contributed by atoms with Crippen LogP contribution in [0.15, 0.2) is 12.2 Å². The first-order chi connectivity index (χ1) is 7.78. The molecule has 0 spiro atoms. The monoisotopic (exact) mass is 304 g/mol. The van der Waals surface area contributed by atoms with Gasteiger partial charge in [-0.15, -0.1) is 0 Å². The standard InChI is InChI=1S/C13H21BrO3/c1-10(9-14)12(16)17-13(3,4)8-6-5-7-11(2)15/h1,5-9H2,2-4H3. The second kappa shape index (κ2) is 7.64. The molecule has 0 aromatic heterocycles. The number of alkyl halides is 1. The van der Waals surface area contributed by atoms with E-state index in [1.165, 1.54) is 0 Å². The summed E-state index contributed by atoms with van der Waals surface area (Å²) >= 11 is 3.16. The normalized spacial score (nSPS) is 11.1. The lowest BCUT2D eigenvalue weighted by Gasteiger charge is -2.25. The van der Waals surface area contributed by atoms with E-state index in [1.54, 1.807) is 6.92 Å². The van der Waals surface area contributed by atoms with Gasteiger partial charge in [0.05, 0.1) is 0 Å². The van der Waals surface area contributed by atoms with Crippen LogP contribution in [-0.2, 0) is 14.3 Å². The van der Waals surface area contributed by atoms with Crippen molar-refractivity contribution < 1.29 is 14.3 Å². The molecule has 0 aromatic carbocycles. The predicted octanol–water partition coefficient (Wildman–Crippen LogP) is 3.41. The van der Waals surface area contributed by atoms with E-state index in [0.717, 1.165) is 19.3 Å². The number of Topliss-reactive ketones (excluding diaryl/α,β-unsaturated/α-hetero) is 1. The maximum atomic E-state index is 11.5. The number of halogens is 1. The number of hydrogen-bond donors (Lipinski definition) is 0. The van der Waals surface area contributed by atoms with Gasteiger partial charge in [-0.1, -0.05) is 22.5 Å². The van der Waals surface area contributed by atoms with Gasteiger partial charge in [0.25, 0.3) is 0 Å². The average Bonchev–Trinajstić information content (AvgIpc) is 2.22. The fourth-order valence-corrected chi connectivity index (χ4v) is 1.58. The van der Waals surface area contributed by atoms with Crippen LogP contribution in [0.1, 0.15) is 46.5 Å². The Kier molecular flexibility index (Phi) is 7.35. The number of rotatable bonds is 8. The van der Waals surface area contributed by atoms with E-state index in [-0.39, 0.29) is 11.8 Å². The molecule has 0 fully saturated rings. The molecule has 0 heterocycles. The molecule has 0 aliphatic rings. The van der Waals surface area contributed by atoms with Gasteiger partial charge in [0.15, 0.2) is 0 Å². The second-order valence-corrected chi connectivity index (χ2v) is 5.36. The molecular formula is C13H21BrO3. The molecular weight excluding hydrogens is 284 g/mol. The maximum Gasteiger partial charge on any atom is 0.334 e. The molecule has 0 aromatic rings. The molecule has 0 aliphatic heterocycles.